The molecule has 2 bridgehead atoms. The molecule has 21 heavy (non-hydrogen) atoms. The summed E-state index contributed by atoms with van der Waals surface area (Å²) in [5.74, 6) is 0.0895. The molecule has 0 aromatic heterocycles. The highest BCUT2D eigenvalue weighted by Gasteiger charge is 2.29. The number of likely N-dealkylation sites (tertiary alicyclic amines) is 1. The van der Waals surface area contributed by atoms with Crippen molar-refractivity contribution in [3.05, 3.63) is 29.8 Å². The van der Waals surface area contributed by atoms with Gasteiger partial charge in [-0.15, -0.1) is 12.4 Å². The molecule has 2 unspecified atom stereocenters. The Morgan fingerprint density at radius 3 is 2.71 bits per heavy atom. The molecule has 1 aromatic carbocycles. The van der Waals surface area contributed by atoms with E-state index in [9.17, 15) is 4.79 Å². The molecular weight excluding hydrogens is 286 g/mol. The molecule has 2 heterocycles. The van der Waals surface area contributed by atoms with Gasteiger partial charge in [-0.3, -0.25) is 9.69 Å². The van der Waals surface area contributed by atoms with E-state index in [1.165, 1.54) is 18.4 Å². The van der Waals surface area contributed by atoms with Crippen LogP contribution in [0, 0.1) is 6.92 Å². The van der Waals surface area contributed by atoms with E-state index < -0.39 is 0 Å². The van der Waals surface area contributed by atoms with Crippen molar-refractivity contribution in [1.29, 1.82) is 0 Å². The fourth-order valence-electron chi connectivity index (χ4n) is 3.20. The summed E-state index contributed by atoms with van der Waals surface area (Å²) in [7, 11) is 0. The SMILES string of the molecule is Cc1ccc(NC(=O)CN2CCC3CCC(C2)N3)cc1.Cl. The van der Waals surface area contributed by atoms with Crippen LogP contribution in [0.15, 0.2) is 24.3 Å². The molecule has 0 saturated carbocycles. The Bertz CT molecular complexity index is 477. The second kappa shape index (κ2) is 7.25. The Morgan fingerprint density at radius 1 is 1.24 bits per heavy atom. The summed E-state index contributed by atoms with van der Waals surface area (Å²) in [6.07, 6.45) is 3.71. The molecule has 3 rings (SSSR count). The van der Waals surface area contributed by atoms with Gasteiger partial charge in [0.1, 0.15) is 0 Å². The number of fused-ring (bicyclic) bond motifs is 2. The van der Waals surface area contributed by atoms with Crippen molar-refractivity contribution >= 4 is 24.0 Å². The minimum Gasteiger partial charge on any atom is -0.325 e. The summed E-state index contributed by atoms with van der Waals surface area (Å²) >= 11 is 0. The lowest BCUT2D eigenvalue weighted by Crippen LogP contribution is -2.39. The largest absolute Gasteiger partial charge is 0.325 e. The monoisotopic (exact) mass is 309 g/mol. The van der Waals surface area contributed by atoms with Crippen LogP contribution in [0.2, 0.25) is 0 Å². The maximum Gasteiger partial charge on any atom is 0.238 e. The van der Waals surface area contributed by atoms with E-state index in [0.717, 1.165) is 25.2 Å². The van der Waals surface area contributed by atoms with Crippen LogP contribution < -0.4 is 10.6 Å². The average Bonchev–Trinajstić information content (AvgIpc) is 2.76. The van der Waals surface area contributed by atoms with Gasteiger partial charge < -0.3 is 10.6 Å². The standard InChI is InChI=1S/C16H23N3O.ClH/c1-12-2-4-13(5-3-12)18-16(20)11-19-9-8-14-6-7-15(10-19)17-14;/h2-5,14-15,17H,6-11H2,1H3,(H,18,20);1H. The predicted molar refractivity (Wildman–Crippen MR) is 88.1 cm³/mol. The number of aryl methyl sites for hydroxylation is 1. The third-order valence-corrected chi connectivity index (χ3v) is 4.31. The molecule has 2 atom stereocenters. The van der Waals surface area contributed by atoms with Crippen LogP contribution in [0.3, 0.4) is 0 Å². The quantitative estimate of drug-likeness (QED) is 0.899. The van der Waals surface area contributed by atoms with E-state index in [1.54, 1.807) is 0 Å². The number of carbonyl (C=O) groups is 1. The summed E-state index contributed by atoms with van der Waals surface area (Å²) < 4.78 is 0. The van der Waals surface area contributed by atoms with Crippen molar-refractivity contribution in [2.75, 3.05) is 25.0 Å². The molecule has 1 aromatic rings. The molecule has 2 N–H and O–H groups in total. The van der Waals surface area contributed by atoms with Gasteiger partial charge in [-0.05, 0) is 38.3 Å². The summed E-state index contributed by atoms with van der Waals surface area (Å²) in [5.41, 5.74) is 2.09. The highest BCUT2D eigenvalue weighted by molar-refractivity contribution is 5.92. The molecule has 2 aliphatic heterocycles. The van der Waals surface area contributed by atoms with Crippen molar-refractivity contribution < 1.29 is 4.79 Å². The highest BCUT2D eigenvalue weighted by atomic mass is 35.5. The third-order valence-electron chi connectivity index (χ3n) is 4.31. The average molecular weight is 310 g/mol. The molecular formula is C16H24ClN3O. The first-order chi connectivity index (χ1) is 9.69. The van der Waals surface area contributed by atoms with Gasteiger partial charge in [0.05, 0.1) is 6.54 Å². The lowest BCUT2D eigenvalue weighted by molar-refractivity contribution is -0.117. The summed E-state index contributed by atoms with van der Waals surface area (Å²) in [6, 6.07) is 9.20. The molecule has 0 spiro atoms. The van der Waals surface area contributed by atoms with Crippen LogP contribution in [0.1, 0.15) is 24.8 Å². The number of carbonyl (C=O) groups excluding carboxylic acids is 1. The normalized spacial score (nSPS) is 25.0. The van der Waals surface area contributed by atoms with Gasteiger partial charge >= 0.3 is 0 Å². The first kappa shape index (κ1) is 16.3. The molecule has 0 radical (unpaired) electrons. The maximum atomic E-state index is 12.1. The van der Waals surface area contributed by atoms with Gasteiger partial charge in [-0.1, -0.05) is 17.7 Å². The zero-order valence-corrected chi connectivity index (χ0v) is 13.3. The van der Waals surface area contributed by atoms with E-state index in [1.807, 2.05) is 31.2 Å². The lowest BCUT2D eigenvalue weighted by Gasteiger charge is -2.23. The van der Waals surface area contributed by atoms with E-state index in [-0.39, 0.29) is 18.3 Å². The number of nitrogens with zero attached hydrogens (tertiary/aromatic N) is 1. The maximum absolute atomic E-state index is 12.1. The summed E-state index contributed by atoms with van der Waals surface area (Å²) in [4.78, 5) is 14.4. The Kier molecular flexibility index (Phi) is 5.62. The van der Waals surface area contributed by atoms with Crippen LogP contribution in [0.5, 0.6) is 0 Å². The molecule has 0 aliphatic carbocycles. The minimum absolute atomic E-state index is 0. The lowest BCUT2D eigenvalue weighted by atomic mass is 10.1. The molecule has 116 valence electrons. The van der Waals surface area contributed by atoms with Gasteiger partial charge in [-0.25, -0.2) is 0 Å². The summed E-state index contributed by atoms with van der Waals surface area (Å²) in [6.45, 7) is 4.57. The summed E-state index contributed by atoms with van der Waals surface area (Å²) in [5, 5.41) is 6.62. The number of nitrogens with one attached hydrogen (secondary N) is 2. The number of hydrogen-bond acceptors (Lipinski definition) is 3. The number of halogens is 1. The number of hydrogen-bond donors (Lipinski definition) is 2. The van der Waals surface area contributed by atoms with E-state index >= 15 is 0 Å². The Balaban J connectivity index is 0.00000161. The Labute approximate surface area is 132 Å². The number of rotatable bonds is 3. The molecule has 1 amide bonds. The van der Waals surface area contributed by atoms with Gasteiger partial charge in [-0.2, -0.15) is 0 Å². The van der Waals surface area contributed by atoms with Crippen molar-refractivity contribution in [3.8, 4) is 0 Å². The molecule has 2 fully saturated rings. The highest BCUT2D eigenvalue weighted by Crippen LogP contribution is 2.20. The number of amides is 1. The Morgan fingerprint density at radius 2 is 1.95 bits per heavy atom. The van der Waals surface area contributed by atoms with Crippen molar-refractivity contribution in [1.82, 2.24) is 10.2 Å². The van der Waals surface area contributed by atoms with Crippen LogP contribution in [0.4, 0.5) is 5.69 Å². The molecule has 2 aliphatic rings. The van der Waals surface area contributed by atoms with Crippen LogP contribution >= 0.6 is 12.4 Å². The topological polar surface area (TPSA) is 44.4 Å². The van der Waals surface area contributed by atoms with E-state index in [2.05, 4.69) is 15.5 Å². The number of benzene rings is 1. The van der Waals surface area contributed by atoms with Gasteiger partial charge in [0.15, 0.2) is 0 Å². The minimum atomic E-state index is 0. The third kappa shape index (κ3) is 4.43. The zero-order chi connectivity index (χ0) is 13.9. The predicted octanol–water partition coefficient (Wildman–Crippen LogP) is 2.18. The molecule has 2 saturated heterocycles. The Hall–Kier alpha value is -1.10. The first-order valence-corrected chi connectivity index (χ1v) is 7.54. The van der Waals surface area contributed by atoms with Gasteiger partial charge in [0.25, 0.3) is 0 Å². The van der Waals surface area contributed by atoms with Gasteiger partial charge in [0.2, 0.25) is 5.91 Å². The smallest absolute Gasteiger partial charge is 0.238 e. The fourth-order valence-corrected chi connectivity index (χ4v) is 3.20. The second-order valence-electron chi connectivity index (χ2n) is 6.08. The molecule has 5 heteroatoms. The van der Waals surface area contributed by atoms with Crippen LogP contribution in [0.25, 0.3) is 0 Å². The van der Waals surface area contributed by atoms with Crippen LogP contribution in [-0.4, -0.2) is 42.5 Å². The second-order valence-corrected chi connectivity index (χ2v) is 6.08. The van der Waals surface area contributed by atoms with Crippen molar-refractivity contribution in [2.24, 2.45) is 0 Å². The van der Waals surface area contributed by atoms with E-state index in [0.29, 0.717) is 18.6 Å². The van der Waals surface area contributed by atoms with E-state index in [4.69, 9.17) is 0 Å². The van der Waals surface area contributed by atoms with Crippen LogP contribution in [-0.2, 0) is 4.79 Å². The first-order valence-electron chi connectivity index (χ1n) is 7.54. The molecule has 4 nitrogen and oxygen atoms in total. The fraction of sp³-hybridized carbons (Fsp3) is 0.562. The zero-order valence-electron chi connectivity index (χ0n) is 12.5. The number of anilines is 1. The van der Waals surface area contributed by atoms with Gasteiger partial charge in [0, 0.05) is 30.9 Å². The van der Waals surface area contributed by atoms with Crippen molar-refractivity contribution in [3.63, 3.8) is 0 Å². The van der Waals surface area contributed by atoms with Crippen molar-refractivity contribution in [2.45, 2.75) is 38.3 Å².